The number of aromatic nitrogens is 2. The molecule has 26 heavy (non-hydrogen) atoms. The number of rotatable bonds is 5. The van der Waals surface area contributed by atoms with Crippen molar-refractivity contribution in [3.05, 3.63) is 83.4 Å². The smallest absolute Gasteiger partial charge is 0.272 e. The molecule has 1 fully saturated rings. The van der Waals surface area contributed by atoms with E-state index in [-0.39, 0.29) is 11.7 Å². The third kappa shape index (κ3) is 3.38. The predicted molar refractivity (Wildman–Crippen MR) is 97.7 cm³/mol. The van der Waals surface area contributed by atoms with Gasteiger partial charge in [-0.3, -0.25) is 4.79 Å². The van der Waals surface area contributed by atoms with E-state index < -0.39 is 0 Å². The quantitative estimate of drug-likeness (QED) is 0.694. The number of benzene rings is 2. The van der Waals surface area contributed by atoms with Gasteiger partial charge in [-0.15, -0.1) is 0 Å². The van der Waals surface area contributed by atoms with Gasteiger partial charge in [0, 0.05) is 19.5 Å². The summed E-state index contributed by atoms with van der Waals surface area (Å²) in [4.78, 5) is 14.7. The molecule has 0 spiro atoms. The van der Waals surface area contributed by atoms with Gasteiger partial charge in [0.15, 0.2) is 0 Å². The zero-order chi connectivity index (χ0) is 18.1. The van der Waals surface area contributed by atoms with Crippen molar-refractivity contribution in [2.45, 2.75) is 25.3 Å². The fourth-order valence-electron chi connectivity index (χ4n) is 3.03. The Morgan fingerprint density at radius 3 is 2.50 bits per heavy atom. The van der Waals surface area contributed by atoms with E-state index in [9.17, 15) is 9.18 Å². The molecule has 1 aliphatic rings. The number of hydrogen-bond donors (Lipinski definition) is 0. The Bertz CT molecular complexity index is 914. The van der Waals surface area contributed by atoms with Crippen LogP contribution in [0.3, 0.4) is 0 Å². The third-order valence-electron chi connectivity index (χ3n) is 4.62. The molecule has 132 valence electrons. The Kier molecular flexibility index (Phi) is 4.29. The topological polar surface area (TPSA) is 38.1 Å². The molecule has 0 unspecified atom stereocenters. The molecule has 4 nitrogen and oxygen atoms in total. The zero-order valence-corrected chi connectivity index (χ0v) is 14.6. The minimum absolute atomic E-state index is 0.0995. The van der Waals surface area contributed by atoms with Crippen LogP contribution in [0.2, 0.25) is 0 Å². The highest BCUT2D eigenvalue weighted by Gasteiger charge is 2.29. The molecule has 0 saturated heterocycles. The number of hydrogen-bond acceptors (Lipinski definition) is 2. The van der Waals surface area contributed by atoms with Gasteiger partial charge in [-0.25, -0.2) is 9.07 Å². The Hall–Kier alpha value is -2.95. The molecule has 4 rings (SSSR count). The standard InChI is InChI=1S/C21H20FN3O/c1-24(14-15-7-11-17(22)12-8-15)21(26)20-13-19(16-9-10-16)23-25(20)18-5-3-2-4-6-18/h2-8,11-13,16H,9-10,14H2,1H3. The van der Waals surface area contributed by atoms with Crippen LogP contribution in [0.4, 0.5) is 4.39 Å². The minimum atomic E-state index is -0.279. The molecule has 5 heteroatoms. The second-order valence-corrected chi connectivity index (χ2v) is 6.76. The lowest BCUT2D eigenvalue weighted by atomic mass is 10.2. The van der Waals surface area contributed by atoms with Crippen molar-refractivity contribution in [2.75, 3.05) is 7.05 Å². The van der Waals surface area contributed by atoms with E-state index in [0.29, 0.717) is 18.2 Å². The van der Waals surface area contributed by atoms with Gasteiger partial charge in [0.2, 0.25) is 0 Å². The van der Waals surface area contributed by atoms with Crippen LogP contribution in [0.25, 0.3) is 5.69 Å². The molecule has 1 amide bonds. The molecule has 1 aromatic heterocycles. The van der Waals surface area contributed by atoms with Gasteiger partial charge in [0.25, 0.3) is 5.91 Å². The van der Waals surface area contributed by atoms with E-state index in [1.54, 1.807) is 28.8 Å². The predicted octanol–water partition coefficient (Wildman–Crippen LogP) is 4.16. The van der Waals surface area contributed by atoms with E-state index >= 15 is 0 Å². The SMILES string of the molecule is CN(Cc1ccc(F)cc1)C(=O)c1cc(C2CC2)nn1-c1ccccc1. The van der Waals surface area contributed by atoms with Crippen LogP contribution in [-0.2, 0) is 6.54 Å². The monoisotopic (exact) mass is 349 g/mol. The summed E-state index contributed by atoms with van der Waals surface area (Å²) < 4.78 is 14.8. The summed E-state index contributed by atoms with van der Waals surface area (Å²) in [6.45, 7) is 0.415. The molecule has 0 bridgehead atoms. The minimum Gasteiger partial charge on any atom is -0.336 e. The van der Waals surface area contributed by atoms with Crippen molar-refractivity contribution in [1.82, 2.24) is 14.7 Å². The molecule has 0 aliphatic heterocycles. The van der Waals surface area contributed by atoms with Gasteiger partial charge < -0.3 is 4.90 Å². The number of amides is 1. The highest BCUT2D eigenvalue weighted by atomic mass is 19.1. The van der Waals surface area contributed by atoms with Crippen molar-refractivity contribution >= 4 is 5.91 Å². The molecule has 0 N–H and O–H groups in total. The fraction of sp³-hybridized carbons (Fsp3) is 0.238. The first-order chi connectivity index (χ1) is 12.6. The molecule has 1 saturated carbocycles. The third-order valence-corrected chi connectivity index (χ3v) is 4.62. The molecule has 0 radical (unpaired) electrons. The molecular formula is C21H20FN3O. The second-order valence-electron chi connectivity index (χ2n) is 6.76. The van der Waals surface area contributed by atoms with E-state index in [0.717, 1.165) is 29.8 Å². The van der Waals surface area contributed by atoms with Gasteiger partial charge in [-0.05, 0) is 48.7 Å². The molecule has 3 aromatic rings. The van der Waals surface area contributed by atoms with Crippen LogP contribution in [0, 0.1) is 5.82 Å². The number of para-hydroxylation sites is 1. The zero-order valence-electron chi connectivity index (χ0n) is 14.6. The van der Waals surface area contributed by atoms with Crippen molar-refractivity contribution in [1.29, 1.82) is 0 Å². The lowest BCUT2D eigenvalue weighted by Gasteiger charge is -2.18. The Labute approximate surface area is 151 Å². The first-order valence-electron chi connectivity index (χ1n) is 8.77. The summed E-state index contributed by atoms with van der Waals surface area (Å²) in [6, 6.07) is 17.8. The fourth-order valence-corrected chi connectivity index (χ4v) is 3.03. The van der Waals surface area contributed by atoms with Gasteiger partial charge in [-0.2, -0.15) is 5.10 Å². The number of nitrogens with zero attached hydrogens (tertiary/aromatic N) is 3. The average Bonchev–Trinajstić information content (AvgIpc) is 3.42. The summed E-state index contributed by atoms with van der Waals surface area (Å²) >= 11 is 0. The number of carbonyl (C=O) groups excluding carboxylic acids is 1. The lowest BCUT2D eigenvalue weighted by molar-refractivity contribution is 0.0776. The summed E-state index contributed by atoms with van der Waals surface area (Å²) in [5, 5.41) is 4.68. The number of halogens is 1. The van der Waals surface area contributed by atoms with E-state index in [4.69, 9.17) is 0 Å². The van der Waals surface area contributed by atoms with Crippen LogP contribution >= 0.6 is 0 Å². The van der Waals surface area contributed by atoms with E-state index in [2.05, 4.69) is 5.10 Å². The van der Waals surface area contributed by atoms with E-state index in [1.807, 2.05) is 36.4 Å². The van der Waals surface area contributed by atoms with Crippen LogP contribution in [-0.4, -0.2) is 27.6 Å². The normalized spacial score (nSPS) is 13.6. The Morgan fingerprint density at radius 2 is 1.85 bits per heavy atom. The maximum atomic E-state index is 13.1. The maximum absolute atomic E-state index is 13.1. The highest BCUT2D eigenvalue weighted by molar-refractivity contribution is 5.93. The molecule has 0 atom stereocenters. The average molecular weight is 349 g/mol. The second kappa shape index (κ2) is 6.75. The summed E-state index contributed by atoms with van der Waals surface area (Å²) in [6.07, 6.45) is 2.26. The first kappa shape index (κ1) is 16.5. The molecule has 1 heterocycles. The summed E-state index contributed by atoms with van der Waals surface area (Å²) in [5.41, 5.74) is 3.29. The van der Waals surface area contributed by atoms with Gasteiger partial charge in [0.1, 0.15) is 11.5 Å². The molecular weight excluding hydrogens is 329 g/mol. The first-order valence-corrected chi connectivity index (χ1v) is 8.77. The van der Waals surface area contributed by atoms with Crippen LogP contribution in [0.5, 0.6) is 0 Å². The molecule has 2 aromatic carbocycles. The lowest BCUT2D eigenvalue weighted by Crippen LogP contribution is -2.28. The van der Waals surface area contributed by atoms with Gasteiger partial charge >= 0.3 is 0 Å². The van der Waals surface area contributed by atoms with E-state index in [1.165, 1.54) is 12.1 Å². The van der Waals surface area contributed by atoms with Gasteiger partial charge in [0.05, 0.1) is 11.4 Å². The van der Waals surface area contributed by atoms with Gasteiger partial charge in [-0.1, -0.05) is 30.3 Å². The van der Waals surface area contributed by atoms with Crippen molar-refractivity contribution in [3.63, 3.8) is 0 Å². The number of carbonyl (C=O) groups is 1. The maximum Gasteiger partial charge on any atom is 0.272 e. The van der Waals surface area contributed by atoms with Crippen LogP contribution < -0.4 is 0 Å². The molecule has 1 aliphatic carbocycles. The Balaban J connectivity index is 1.63. The summed E-state index contributed by atoms with van der Waals surface area (Å²) in [5.74, 6) is 0.0884. The highest BCUT2D eigenvalue weighted by Crippen LogP contribution is 2.39. The summed E-state index contributed by atoms with van der Waals surface area (Å²) in [7, 11) is 1.75. The Morgan fingerprint density at radius 1 is 1.15 bits per heavy atom. The van der Waals surface area contributed by atoms with Crippen LogP contribution in [0.1, 0.15) is 40.5 Å². The van der Waals surface area contributed by atoms with Crippen molar-refractivity contribution in [3.8, 4) is 5.69 Å². The van der Waals surface area contributed by atoms with Crippen molar-refractivity contribution < 1.29 is 9.18 Å². The van der Waals surface area contributed by atoms with Crippen LogP contribution in [0.15, 0.2) is 60.7 Å². The largest absolute Gasteiger partial charge is 0.336 e. The van der Waals surface area contributed by atoms with Crippen molar-refractivity contribution in [2.24, 2.45) is 0 Å².